The van der Waals surface area contributed by atoms with Crippen LogP contribution in [0.25, 0.3) is 11.5 Å². The molecule has 2 aromatic rings. The largest absolute Gasteiger partial charge is 0.444 e. The van der Waals surface area contributed by atoms with Gasteiger partial charge in [0.1, 0.15) is 12.1 Å². The van der Waals surface area contributed by atoms with Gasteiger partial charge >= 0.3 is 0 Å². The van der Waals surface area contributed by atoms with Crippen LogP contribution in [0.3, 0.4) is 0 Å². The van der Waals surface area contributed by atoms with Crippen molar-refractivity contribution in [2.45, 2.75) is 39.2 Å². The van der Waals surface area contributed by atoms with Gasteiger partial charge < -0.3 is 19.8 Å². The zero-order valence-corrected chi connectivity index (χ0v) is 19.4. The Kier molecular flexibility index (Phi) is 9.49. The van der Waals surface area contributed by atoms with E-state index in [9.17, 15) is 4.39 Å². The van der Waals surface area contributed by atoms with E-state index < -0.39 is 0 Å². The summed E-state index contributed by atoms with van der Waals surface area (Å²) in [4.78, 5) is 11.4. The lowest BCUT2D eigenvalue weighted by Gasteiger charge is -2.39. The lowest BCUT2D eigenvalue weighted by molar-refractivity contribution is 0.00272. The average Bonchev–Trinajstić information content (AvgIpc) is 3.30. The summed E-state index contributed by atoms with van der Waals surface area (Å²) in [7, 11) is 1.79. The molecule has 0 aliphatic carbocycles. The first kappa shape index (κ1) is 24.2. The molecule has 0 saturated carbocycles. The quantitative estimate of drug-likeness (QED) is 0.432. The number of nitrogens with one attached hydrogen (secondary N) is 2. The standard InChI is InChI=1S/C24H36FN5O2/c1-4-18(5-2)22(30-12-14-31-15-13-30)16-28-24(26-3)27-11-10-21-17-32-23(29-21)19-6-8-20(25)9-7-19/h6-9,17-18,22H,4-5,10-16H2,1-3H3,(H2,26,27,28). The molecule has 3 rings (SSSR count). The number of hydrogen-bond donors (Lipinski definition) is 2. The first-order chi connectivity index (χ1) is 15.6. The monoisotopic (exact) mass is 445 g/mol. The molecule has 2 N–H and O–H groups in total. The molecular weight excluding hydrogens is 409 g/mol. The van der Waals surface area contributed by atoms with Crippen molar-refractivity contribution in [3.63, 3.8) is 0 Å². The summed E-state index contributed by atoms with van der Waals surface area (Å²) in [5.74, 6) is 1.65. The lowest BCUT2D eigenvalue weighted by Crippen LogP contribution is -2.53. The third-order valence-electron chi connectivity index (χ3n) is 6.13. The number of hydrogen-bond acceptors (Lipinski definition) is 5. The van der Waals surface area contributed by atoms with Crippen molar-refractivity contribution < 1.29 is 13.5 Å². The van der Waals surface area contributed by atoms with E-state index in [2.05, 4.69) is 39.4 Å². The topological polar surface area (TPSA) is 74.9 Å². The Labute approximate surface area is 190 Å². The normalized spacial score (nSPS) is 16.3. The lowest BCUT2D eigenvalue weighted by atomic mass is 9.92. The zero-order valence-electron chi connectivity index (χ0n) is 19.4. The number of rotatable bonds is 10. The van der Waals surface area contributed by atoms with Gasteiger partial charge in [0.2, 0.25) is 5.89 Å². The van der Waals surface area contributed by atoms with Gasteiger partial charge in [-0.2, -0.15) is 0 Å². The van der Waals surface area contributed by atoms with Crippen molar-refractivity contribution in [1.29, 1.82) is 0 Å². The summed E-state index contributed by atoms with van der Waals surface area (Å²) in [6.07, 6.45) is 4.67. The molecule has 7 nitrogen and oxygen atoms in total. The number of nitrogens with zero attached hydrogens (tertiary/aromatic N) is 3. The molecule has 1 fully saturated rings. The van der Waals surface area contributed by atoms with Gasteiger partial charge in [-0.25, -0.2) is 9.37 Å². The number of oxazole rings is 1. The van der Waals surface area contributed by atoms with Crippen LogP contribution in [-0.2, 0) is 11.2 Å². The highest BCUT2D eigenvalue weighted by molar-refractivity contribution is 5.79. The maximum absolute atomic E-state index is 13.1. The van der Waals surface area contributed by atoms with Gasteiger partial charge in [-0.15, -0.1) is 0 Å². The summed E-state index contributed by atoms with van der Waals surface area (Å²) in [5, 5.41) is 6.89. The van der Waals surface area contributed by atoms with Gasteiger partial charge in [0.05, 0.1) is 18.9 Å². The van der Waals surface area contributed by atoms with Gasteiger partial charge in [0, 0.05) is 51.3 Å². The van der Waals surface area contributed by atoms with Crippen molar-refractivity contribution in [3.8, 4) is 11.5 Å². The molecule has 0 spiro atoms. The number of morpholine rings is 1. The fourth-order valence-corrected chi connectivity index (χ4v) is 4.21. The number of ether oxygens (including phenoxy) is 1. The minimum atomic E-state index is -0.274. The molecule has 0 amide bonds. The van der Waals surface area contributed by atoms with Gasteiger partial charge in [0.15, 0.2) is 5.96 Å². The average molecular weight is 446 g/mol. The Morgan fingerprint density at radius 3 is 2.53 bits per heavy atom. The van der Waals surface area contributed by atoms with E-state index >= 15 is 0 Å². The molecule has 0 radical (unpaired) electrons. The zero-order chi connectivity index (χ0) is 22.8. The fourth-order valence-electron chi connectivity index (χ4n) is 4.21. The summed E-state index contributed by atoms with van der Waals surface area (Å²) in [6.45, 7) is 9.66. The molecule has 2 heterocycles. The molecule has 1 aliphatic rings. The molecule has 32 heavy (non-hydrogen) atoms. The SMILES string of the molecule is CCC(CC)C(CNC(=NC)NCCc1coc(-c2ccc(F)cc2)n1)N1CCOCC1. The molecule has 176 valence electrons. The number of halogens is 1. The second kappa shape index (κ2) is 12.6. The van der Waals surface area contributed by atoms with E-state index in [1.165, 1.54) is 12.1 Å². The van der Waals surface area contributed by atoms with Crippen molar-refractivity contribution in [1.82, 2.24) is 20.5 Å². The number of aromatic nitrogens is 1. The molecule has 1 saturated heterocycles. The maximum Gasteiger partial charge on any atom is 0.226 e. The first-order valence-corrected chi connectivity index (χ1v) is 11.6. The summed E-state index contributed by atoms with van der Waals surface area (Å²) in [5.41, 5.74) is 1.61. The molecule has 1 aromatic heterocycles. The van der Waals surface area contributed by atoms with E-state index in [0.717, 1.165) is 62.9 Å². The minimum absolute atomic E-state index is 0.274. The second-order valence-electron chi connectivity index (χ2n) is 8.07. The molecule has 1 unspecified atom stereocenters. The smallest absolute Gasteiger partial charge is 0.226 e. The van der Waals surface area contributed by atoms with Gasteiger partial charge in [-0.1, -0.05) is 26.7 Å². The van der Waals surface area contributed by atoms with Crippen molar-refractivity contribution in [2.75, 3.05) is 46.4 Å². The molecule has 1 aromatic carbocycles. The van der Waals surface area contributed by atoms with E-state index in [1.54, 1.807) is 25.4 Å². The highest BCUT2D eigenvalue weighted by Crippen LogP contribution is 2.20. The minimum Gasteiger partial charge on any atom is -0.444 e. The van der Waals surface area contributed by atoms with E-state index in [4.69, 9.17) is 9.15 Å². The van der Waals surface area contributed by atoms with Crippen molar-refractivity contribution >= 4 is 5.96 Å². The highest BCUT2D eigenvalue weighted by atomic mass is 19.1. The van der Waals surface area contributed by atoms with Gasteiger partial charge in [-0.05, 0) is 30.2 Å². The van der Waals surface area contributed by atoms with Crippen LogP contribution >= 0.6 is 0 Å². The van der Waals surface area contributed by atoms with E-state index in [0.29, 0.717) is 30.8 Å². The molecule has 0 bridgehead atoms. The van der Waals surface area contributed by atoms with Crippen LogP contribution in [-0.4, -0.2) is 68.3 Å². The van der Waals surface area contributed by atoms with Crippen molar-refractivity contribution in [2.24, 2.45) is 10.9 Å². The van der Waals surface area contributed by atoms with Crippen LogP contribution in [0.5, 0.6) is 0 Å². The van der Waals surface area contributed by atoms with E-state index in [-0.39, 0.29) is 5.82 Å². The molecule has 1 aliphatic heterocycles. The second-order valence-corrected chi connectivity index (χ2v) is 8.07. The predicted molar refractivity (Wildman–Crippen MR) is 125 cm³/mol. The molecule has 8 heteroatoms. The highest BCUT2D eigenvalue weighted by Gasteiger charge is 2.27. The third kappa shape index (κ3) is 6.77. The first-order valence-electron chi connectivity index (χ1n) is 11.6. The maximum atomic E-state index is 13.1. The Morgan fingerprint density at radius 2 is 1.88 bits per heavy atom. The van der Waals surface area contributed by atoms with Crippen LogP contribution in [0, 0.1) is 11.7 Å². The van der Waals surface area contributed by atoms with Crippen molar-refractivity contribution in [3.05, 3.63) is 42.0 Å². The molecule has 1 atom stereocenters. The summed E-state index contributed by atoms with van der Waals surface area (Å²) < 4.78 is 24.2. The Bertz CT molecular complexity index is 829. The number of benzene rings is 1. The summed E-state index contributed by atoms with van der Waals surface area (Å²) >= 11 is 0. The van der Waals surface area contributed by atoms with Crippen LogP contribution in [0.4, 0.5) is 4.39 Å². The predicted octanol–water partition coefficient (Wildman–Crippen LogP) is 3.33. The van der Waals surface area contributed by atoms with Gasteiger partial charge in [0.25, 0.3) is 0 Å². The van der Waals surface area contributed by atoms with Crippen LogP contribution < -0.4 is 10.6 Å². The Balaban J connectivity index is 1.49. The van der Waals surface area contributed by atoms with Gasteiger partial charge in [-0.3, -0.25) is 9.89 Å². The number of aliphatic imine (C=N–C) groups is 1. The Hall–Kier alpha value is -2.45. The third-order valence-corrected chi connectivity index (χ3v) is 6.13. The summed E-state index contributed by atoms with van der Waals surface area (Å²) in [6, 6.07) is 6.60. The van der Waals surface area contributed by atoms with Crippen LogP contribution in [0.1, 0.15) is 32.4 Å². The molecular formula is C24H36FN5O2. The fraction of sp³-hybridized carbons (Fsp3) is 0.583. The Morgan fingerprint density at radius 1 is 1.16 bits per heavy atom. The van der Waals surface area contributed by atoms with Crippen LogP contribution in [0.2, 0.25) is 0 Å². The van der Waals surface area contributed by atoms with Crippen LogP contribution in [0.15, 0.2) is 39.9 Å². The number of guanidine groups is 1. The van der Waals surface area contributed by atoms with E-state index in [1.807, 2.05) is 0 Å².